The molecule has 0 radical (unpaired) electrons. The molecule has 132 valence electrons. The number of carbonyl (C=O) groups excluding carboxylic acids is 1. The molecule has 0 aliphatic rings. The predicted molar refractivity (Wildman–Crippen MR) is 101 cm³/mol. The Hall–Kier alpha value is -3.05. The first-order chi connectivity index (χ1) is 12.6. The maximum atomic E-state index is 12.7. The van der Waals surface area contributed by atoms with Gasteiger partial charge in [-0.05, 0) is 47.9 Å². The quantitative estimate of drug-likeness (QED) is 0.689. The average Bonchev–Trinajstić information content (AvgIpc) is 2.66. The van der Waals surface area contributed by atoms with Crippen LogP contribution in [0.3, 0.4) is 0 Å². The van der Waals surface area contributed by atoms with Crippen molar-refractivity contribution in [3.63, 3.8) is 0 Å². The largest absolute Gasteiger partial charge is 0.368 e. The number of nitrogens with zero attached hydrogens (tertiary/aromatic N) is 2. The number of amides is 1. The van der Waals surface area contributed by atoms with Crippen LogP contribution in [0.2, 0.25) is 0 Å². The molecule has 1 atom stereocenters. The van der Waals surface area contributed by atoms with Gasteiger partial charge < -0.3 is 5.73 Å². The summed E-state index contributed by atoms with van der Waals surface area (Å²) in [4.78, 5) is 20.8. The maximum Gasteiger partial charge on any atom is 0.242 e. The molecule has 3 rings (SSSR count). The zero-order chi connectivity index (χ0) is 18.4. The Labute approximate surface area is 153 Å². The fraction of sp³-hybridized carbons (Fsp3) is 0.190. The summed E-state index contributed by atoms with van der Waals surface area (Å²) in [7, 11) is 0. The van der Waals surface area contributed by atoms with Crippen LogP contribution >= 0.6 is 0 Å². The first-order valence-corrected chi connectivity index (χ1v) is 8.50. The van der Waals surface area contributed by atoms with Crippen LogP contribution in [0.25, 0.3) is 0 Å². The Morgan fingerprint density at radius 2 is 1.62 bits per heavy atom. The van der Waals surface area contributed by atoms with E-state index in [1.54, 1.807) is 24.8 Å². The molecule has 0 bridgehead atoms. The molecule has 3 N–H and O–H groups in total. The lowest BCUT2D eigenvalue weighted by Crippen LogP contribution is -2.54. The highest BCUT2D eigenvalue weighted by molar-refractivity contribution is 5.86. The highest BCUT2D eigenvalue weighted by atomic mass is 16.1. The predicted octanol–water partition coefficient (Wildman–Crippen LogP) is 2.50. The van der Waals surface area contributed by atoms with Crippen molar-refractivity contribution in [3.05, 3.63) is 95.6 Å². The first-order valence-electron chi connectivity index (χ1n) is 8.50. The maximum absolute atomic E-state index is 12.7. The molecule has 1 amide bonds. The minimum absolute atomic E-state index is 0.408. The minimum Gasteiger partial charge on any atom is -0.368 e. The van der Waals surface area contributed by atoms with Crippen molar-refractivity contribution in [1.29, 1.82) is 0 Å². The van der Waals surface area contributed by atoms with Gasteiger partial charge in [0.1, 0.15) is 5.54 Å². The number of rotatable bonds is 7. The molecule has 2 aromatic heterocycles. The van der Waals surface area contributed by atoms with E-state index in [1.807, 2.05) is 55.5 Å². The van der Waals surface area contributed by atoms with Gasteiger partial charge in [-0.25, -0.2) is 0 Å². The molecule has 1 aromatic carbocycles. The van der Waals surface area contributed by atoms with Crippen LogP contribution in [0.5, 0.6) is 0 Å². The summed E-state index contributed by atoms with van der Waals surface area (Å²) in [6, 6.07) is 15.5. The van der Waals surface area contributed by atoms with Gasteiger partial charge in [0.05, 0.1) is 0 Å². The van der Waals surface area contributed by atoms with E-state index < -0.39 is 11.4 Å². The highest BCUT2D eigenvalue weighted by Gasteiger charge is 2.38. The number of aryl methyl sites for hydroxylation is 1. The van der Waals surface area contributed by atoms with Gasteiger partial charge in [-0.2, -0.15) is 0 Å². The van der Waals surface area contributed by atoms with Gasteiger partial charge in [0, 0.05) is 37.8 Å². The second kappa shape index (κ2) is 7.89. The highest BCUT2D eigenvalue weighted by Crippen LogP contribution is 2.27. The summed E-state index contributed by atoms with van der Waals surface area (Å²) >= 11 is 0. The molecule has 5 nitrogen and oxygen atoms in total. The second-order valence-corrected chi connectivity index (χ2v) is 6.38. The van der Waals surface area contributed by atoms with Crippen molar-refractivity contribution in [3.8, 4) is 0 Å². The number of hydrogen-bond acceptors (Lipinski definition) is 4. The molecular formula is C21H22N4O. The second-order valence-electron chi connectivity index (χ2n) is 6.38. The summed E-state index contributed by atoms with van der Waals surface area (Å²) in [6.45, 7) is 2.51. The van der Waals surface area contributed by atoms with Crippen molar-refractivity contribution >= 4 is 5.91 Å². The number of pyridine rings is 2. The molecule has 0 aliphatic carbocycles. The molecule has 0 aliphatic heterocycles. The standard InChI is InChI=1S/C21H22N4O/c1-16-3-2-4-19(13-16)21(20(22)26,14-17-5-9-23-10-6-17)25-15-18-7-11-24-12-8-18/h2-13,25H,14-15H2,1H3,(H2,22,26). The Kier molecular flexibility index (Phi) is 5.39. The van der Waals surface area contributed by atoms with Crippen LogP contribution < -0.4 is 11.1 Å². The van der Waals surface area contributed by atoms with E-state index >= 15 is 0 Å². The van der Waals surface area contributed by atoms with Crippen molar-refractivity contribution in [2.24, 2.45) is 5.73 Å². The number of carbonyl (C=O) groups is 1. The molecule has 0 saturated heterocycles. The number of nitrogens with one attached hydrogen (secondary N) is 1. The Bertz CT molecular complexity index is 867. The van der Waals surface area contributed by atoms with Crippen LogP contribution in [0.1, 0.15) is 22.3 Å². The number of benzene rings is 1. The van der Waals surface area contributed by atoms with E-state index in [0.29, 0.717) is 13.0 Å². The summed E-state index contributed by atoms with van der Waals surface area (Å²) in [6.07, 6.45) is 7.36. The van der Waals surface area contributed by atoms with Crippen molar-refractivity contribution < 1.29 is 4.79 Å². The van der Waals surface area contributed by atoms with E-state index in [1.165, 1.54) is 0 Å². The van der Waals surface area contributed by atoms with Crippen molar-refractivity contribution in [2.45, 2.75) is 25.4 Å². The van der Waals surface area contributed by atoms with E-state index in [-0.39, 0.29) is 0 Å². The van der Waals surface area contributed by atoms with Gasteiger partial charge in [0.25, 0.3) is 0 Å². The lowest BCUT2D eigenvalue weighted by molar-refractivity contribution is -0.125. The SMILES string of the molecule is Cc1cccc(C(Cc2ccncc2)(NCc2ccncc2)C(N)=O)c1. The van der Waals surface area contributed by atoms with Gasteiger partial charge in [0.15, 0.2) is 0 Å². The van der Waals surface area contributed by atoms with Crippen molar-refractivity contribution in [2.75, 3.05) is 0 Å². The molecule has 0 fully saturated rings. The van der Waals surface area contributed by atoms with E-state index in [4.69, 9.17) is 5.73 Å². The molecule has 2 heterocycles. The molecule has 1 unspecified atom stereocenters. The molecule has 5 heteroatoms. The molecular weight excluding hydrogens is 324 g/mol. The van der Waals surface area contributed by atoms with Gasteiger partial charge in [0.2, 0.25) is 5.91 Å². The van der Waals surface area contributed by atoms with Crippen LogP contribution in [0.15, 0.2) is 73.3 Å². The van der Waals surface area contributed by atoms with Gasteiger partial charge in [-0.1, -0.05) is 29.8 Å². The zero-order valence-corrected chi connectivity index (χ0v) is 14.7. The smallest absolute Gasteiger partial charge is 0.242 e. The summed E-state index contributed by atoms with van der Waals surface area (Å²) in [5.74, 6) is -0.408. The van der Waals surface area contributed by atoms with Crippen LogP contribution in [-0.2, 0) is 23.3 Å². The van der Waals surface area contributed by atoms with E-state index in [0.717, 1.165) is 22.3 Å². The van der Waals surface area contributed by atoms with Gasteiger partial charge >= 0.3 is 0 Å². The number of primary amides is 1. The zero-order valence-electron chi connectivity index (χ0n) is 14.7. The topological polar surface area (TPSA) is 80.9 Å². The number of aromatic nitrogens is 2. The first kappa shape index (κ1) is 17.8. The summed E-state index contributed by atoms with van der Waals surface area (Å²) in [5.41, 5.74) is 8.88. The molecule has 0 saturated carbocycles. The Morgan fingerprint density at radius 1 is 1.00 bits per heavy atom. The average molecular weight is 346 g/mol. The van der Waals surface area contributed by atoms with Crippen LogP contribution in [0.4, 0.5) is 0 Å². The Morgan fingerprint density at radius 3 is 2.19 bits per heavy atom. The normalized spacial score (nSPS) is 13.1. The molecule has 26 heavy (non-hydrogen) atoms. The van der Waals surface area contributed by atoms with Crippen LogP contribution in [0, 0.1) is 6.92 Å². The third-order valence-electron chi connectivity index (χ3n) is 4.49. The fourth-order valence-corrected chi connectivity index (χ4v) is 3.05. The number of hydrogen-bond donors (Lipinski definition) is 2. The van der Waals surface area contributed by atoms with E-state index in [2.05, 4.69) is 15.3 Å². The lowest BCUT2D eigenvalue weighted by Gasteiger charge is -2.33. The molecule has 3 aromatic rings. The Balaban J connectivity index is 2.01. The minimum atomic E-state index is -1.02. The summed E-state index contributed by atoms with van der Waals surface area (Å²) in [5, 5.41) is 3.42. The molecule has 0 spiro atoms. The third-order valence-corrected chi connectivity index (χ3v) is 4.49. The third kappa shape index (κ3) is 3.95. The lowest BCUT2D eigenvalue weighted by atomic mass is 9.82. The summed E-state index contributed by atoms with van der Waals surface area (Å²) < 4.78 is 0. The van der Waals surface area contributed by atoms with Crippen LogP contribution in [-0.4, -0.2) is 15.9 Å². The fourth-order valence-electron chi connectivity index (χ4n) is 3.05. The monoisotopic (exact) mass is 346 g/mol. The number of nitrogens with two attached hydrogens (primary N) is 1. The van der Waals surface area contributed by atoms with E-state index in [9.17, 15) is 4.79 Å². The van der Waals surface area contributed by atoms with Crippen molar-refractivity contribution in [1.82, 2.24) is 15.3 Å². The van der Waals surface area contributed by atoms with Gasteiger partial charge in [-0.3, -0.25) is 20.1 Å². The van der Waals surface area contributed by atoms with Gasteiger partial charge in [-0.15, -0.1) is 0 Å².